The molecule has 1 amide bonds. The normalized spacial score (nSPS) is 15.0. The molecule has 1 N–H and O–H groups in total. The average Bonchev–Trinajstić information content (AvgIpc) is 3.15. The first kappa shape index (κ1) is 16.9. The number of fused-ring (bicyclic) bond motifs is 1. The van der Waals surface area contributed by atoms with E-state index in [1.165, 1.54) is 5.69 Å². The van der Waals surface area contributed by atoms with E-state index >= 15 is 0 Å². The summed E-state index contributed by atoms with van der Waals surface area (Å²) in [4.78, 5) is 20.0. The maximum atomic E-state index is 12.8. The number of anilines is 1. The van der Waals surface area contributed by atoms with Crippen molar-refractivity contribution in [2.75, 3.05) is 31.1 Å². The Morgan fingerprint density at radius 1 is 1.00 bits per heavy atom. The van der Waals surface area contributed by atoms with Gasteiger partial charge in [-0.05, 0) is 24.3 Å². The fourth-order valence-electron chi connectivity index (χ4n) is 3.49. The maximum Gasteiger partial charge on any atom is 0.264 e. The van der Waals surface area contributed by atoms with Crippen molar-refractivity contribution in [2.24, 2.45) is 0 Å². The minimum absolute atomic E-state index is 0.174. The first-order valence-electron chi connectivity index (χ1n) is 9.03. The maximum absolute atomic E-state index is 12.8. The molecule has 0 unspecified atom stereocenters. The van der Waals surface area contributed by atoms with Gasteiger partial charge in [0, 0.05) is 54.5 Å². The second kappa shape index (κ2) is 7.38. The molecule has 27 heavy (non-hydrogen) atoms. The van der Waals surface area contributed by atoms with Gasteiger partial charge in [-0.1, -0.05) is 36.4 Å². The third-order valence-corrected chi connectivity index (χ3v) is 4.96. The van der Waals surface area contributed by atoms with Crippen LogP contribution in [-0.4, -0.2) is 42.0 Å². The zero-order chi connectivity index (χ0) is 18.6. The van der Waals surface area contributed by atoms with E-state index in [0.717, 1.165) is 29.6 Å². The Hall–Kier alpha value is -3.52. The number of hydrogen-bond donors (Lipinski definition) is 1. The number of nitriles is 1. The van der Waals surface area contributed by atoms with Crippen molar-refractivity contribution in [3.8, 4) is 6.07 Å². The summed E-state index contributed by atoms with van der Waals surface area (Å²) in [6.07, 6.45) is 3.52. The van der Waals surface area contributed by atoms with Crippen LogP contribution in [0.5, 0.6) is 0 Å². The number of nitrogens with zero attached hydrogens (tertiary/aromatic N) is 3. The summed E-state index contributed by atoms with van der Waals surface area (Å²) in [5, 5.41) is 10.5. The van der Waals surface area contributed by atoms with Crippen LogP contribution in [-0.2, 0) is 4.79 Å². The van der Waals surface area contributed by atoms with E-state index in [2.05, 4.69) is 28.1 Å². The number of piperazine rings is 1. The third-order valence-electron chi connectivity index (χ3n) is 4.96. The van der Waals surface area contributed by atoms with Gasteiger partial charge in [0.1, 0.15) is 11.6 Å². The van der Waals surface area contributed by atoms with E-state index in [9.17, 15) is 10.1 Å². The number of carbonyl (C=O) groups excluding carboxylic acids is 1. The standard InChI is InChI=1S/C22H20N4O/c23-15-17(14-18-16-24-21-9-5-4-8-20(18)21)22(27)26-12-10-25(11-13-26)19-6-2-1-3-7-19/h1-9,14,16,24H,10-13H2/b17-14-. The molecule has 0 atom stereocenters. The van der Waals surface area contributed by atoms with Crippen molar-refractivity contribution in [1.82, 2.24) is 9.88 Å². The average molecular weight is 356 g/mol. The van der Waals surface area contributed by atoms with Gasteiger partial charge in [-0.3, -0.25) is 4.79 Å². The number of rotatable bonds is 3. The van der Waals surface area contributed by atoms with Gasteiger partial charge in [0.25, 0.3) is 5.91 Å². The summed E-state index contributed by atoms with van der Waals surface area (Å²) >= 11 is 0. The highest BCUT2D eigenvalue weighted by atomic mass is 16.2. The molecule has 2 aromatic carbocycles. The predicted molar refractivity (Wildman–Crippen MR) is 107 cm³/mol. The Balaban J connectivity index is 1.49. The van der Waals surface area contributed by atoms with Gasteiger partial charge in [0.2, 0.25) is 0 Å². The van der Waals surface area contributed by atoms with Gasteiger partial charge in [0.05, 0.1) is 0 Å². The third kappa shape index (κ3) is 3.42. The predicted octanol–water partition coefficient (Wildman–Crippen LogP) is 3.42. The van der Waals surface area contributed by atoms with Crippen LogP contribution in [0.1, 0.15) is 5.56 Å². The molecule has 0 radical (unpaired) electrons. The number of carbonyl (C=O) groups is 1. The van der Waals surface area contributed by atoms with Crippen LogP contribution in [0.15, 0.2) is 66.4 Å². The largest absolute Gasteiger partial charge is 0.368 e. The number of hydrogen-bond acceptors (Lipinski definition) is 3. The van der Waals surface area contributed by atoms with E-state index in [1.807, 2.05) is 48.7 Å². The number of nitrogens with one attached hydrogen (secondary N) is 1. The Kier molecular flexibility index (Phi) is 4.63. The zero-order valence-electron chi connectivity index (χ0n) is 14.9. The van der Waals surface area contributed by atoms with Crippen molar-refractivity contribution >= 4 is 28.6 Å². The molecule has 0 saturated carbocycles. The number of amides is 1. The van der Waals surface area contributed by atoms with Crippen LogP contribution in [0, 0.1) is 11.3 Å². The Morgan fingerprint density at radius 2 is 1.70 bits per heavy atom. The number of H-pyrrole nitrogens is 1. The lowest BCUT2D eigenvalue weighted by Crippen LogP contribution is -2.49. The first-order chi connectivity index (χ1) is 13.3. The van der Waals surface area contributed by atoms with Crippen LogP contribution in [0.3, 0.4) is 0 Å². The molecule has 1 aliphatic rings. The minimum atomic E-state index is -0.199. The quantitative estimate of drug-likeness (QED) is 0.578. The Labute approximate surface area is 158 Å². The topological polar surface area (TPSA) is 63.1 Å². The molecular formula is C22H20N4O. The van der Waals surface area contributed by atoms with Crippen LogP contribution >= 0.6 is 0 Å². The molecule has 3 aromatic rings. The van der Waals surface area contributed by atoms with Gasteiger partial charge < -0.3 is 14.8 Å². The fraction of sp³-hybridized carbons (Fsp3) is 0.182. The lowest BCUT2D eigenvalue weighted by Gasteiger charge is -2.36. The van der Waals surface area contributed by atoms with E-state index in [1.54, 1.807) is 11.0 Å². The lowest BCUT2D eigenvalue weighted by molar-refractivity contribution is -0.126. The second-order valence-electron chi connectivity index (χ2n) is 6.57. The summed E-state index contributed by atoms with van der Waals surface area (Å²) in [6, 6.07) is 20.1. The molecular weight excluding hydrogens is 336 g/mol. The van der Waals surface area contributed by atoms with E-state index in [0.29, 0.717) is 13.1 Å². The molecule has 134 valence electrons. The van der Waals surface area contributed by atoms with Gasteiger partial charge in [-0.15, -0.1) is 0 Å². The van der Waals surface area contributed by atoms with Crippen molar-refractivity contribution in [1.29, 1.82) is 5.26 Å². The Bertz CT molecular complexity index is 1020. The zero-order valence-corrected chi connectivity index (χ0v) is 14.9. The monoisotopic (exact) mass is 356 g/mol. The first-order valence-corrected chi connectivity index (χ1v) is 9.03. The summed E-state index contributed by atoms with van der Waals surface area (Å²) in [5.41, 5.74) is 3.19. The second-order valence-corrected chi connectivity index (χ2v) is 6.57. The number of aromatic nitrogens is 1. The molecule has 4 rings (SSSR count). The van der Waals surface area contributed by atoms with E-state index < -0.39 is 0 Å². The lowest BCUT2D eigenvalue weighted by atomic mass is 10.1. The van der Waals surface area contributed by atoms with Gasteiger partial charge in [-0.2, -0.15) is 5.26 Å². The van der Waals surface area contributed by atoms with E-state index in [-0.39, 0.29) is 11.5 Å². The molecule has 0 bridgehead atoms. The summed E-state index contributed by atoms with van der Waals surface area (Å²) < 4.78 is 0. The molecule has 2 heterocycles. The highest BCUT2D eigenvalue weighted by Crippen LogP contribution is 2.21. The fourth-order valence-corrected chi connectivity index (χ4v) is 3.49. The number of para-hydroxylation sites is 2. The Morgan fingerprint density at radius 3 is 2.44 bits per heavy atom. The van der Waals surface area contributed by atoms with Crippen LogP contribution in [0.25, 0.3) is 17.0 Å². The molecule has 5 heteroatoms. The van der Waals surface area contributed by atoms with Crippen molar-refractivity contribution in [3.05, 3.63) is 71.9 Å². The smallest absolute Gasteiger partial charge is 0.264 e. The summed E-state index contributed by atoms with van der Waals surface area (Å²) in [6.45, 7) is 2.75. The molecule has 1 fully saturated rings. The van der Waals surface area contributed by atoms with Crippen LogP contribution < -0.4 is 4.90 Å². The number of aromatic amines is 1. The van der Waals surface area contributed by atoms with Crippen LogP contribution in [0.4, 0.5) is 5.69 Å². The van der Waals surface area contributed by atoms with Crippen molar-refractivity contribution in [3.63, 3.8) is 0 Å². The molecule has 0 aliphatic carbocycles. The van der Waals surface area contributed by atoms with Gasteiger partial charge in [-0.25, -0.2) is 0 Å². The van der Waals surface area contributed by atoms with Crippen molar-refractivity contribution < 1.29 is 4.79 Å². The highest BCUT2D eigenvalue weighted by molar-refractivity contribution is 6.04. The minimum Gasteiger partial charge on any atom is -0.368 e. The SMILES string of the molecule is N#C/C(=C/c1c[nH]c2ccccc12)C(=O)N1CCN(c2ccccc2)CC1. The summed E-state index contributed by atoms with van der Waals surface area (Å²) in [5.74, 6) is -0.199. The van der Waals surface area contributed by atoms with Gasteiger partial charge >= 0.3 is 0 Å². The highest BCUT2D eigenvalue weighted by Gasteiger charge is 2.24. The molecule has 1 aromatic heterocycles. The van der Waals surface area contributed by atoms with Gasteiger partial charge in [0.15, 0.2) is 0 Å². The van der Waals surface area contributed by atoms with Crippen molar-refractivity contribution in [2.45, 2.75) is 0 Å². The molecule has 1 saturated heterocycles. The number of benzene rings is 2. The van der Waals surface area contributed by atoms with E-state index in [4.69, 9.17) is 0 Å². The summed E-state index contributed by atoms with van der Waals surface area (Å²) in [7, 11) is 0. The molecule has 1 aliphatic heterocycles. The van der Waals surface area contributed by atoms with Crippen LogP contribution in [0.2, 0.25) is 0 Å². The molecule has 5 nitrogen and oxygen atoms in total. The molecule has 0 spiro atoms.